The van der Waals surface area contributed by atoms with E-state index < -0.39 is 154 Å². The van der Waals surface area contributed by atoms with Crippen LogP contribution in [0.25, 0.3) is 0 Å². The second-order valence-corrected chi connectivity index (χ2v) is 16.9. The summed E-state index contributed by atoms with van der Waals surface area (Å²) in [5.74, 6) is -7.72. The summed E-state index contributed by atoms with van der Waals surface area (Å²) in [6.07, 6.45) is -15.8. The van der Waals surface area contributed by atoms with Crippen LogP contribution in [0.5, 0.6) is 0 Å². The Morgan fingerprint density at radius 1 is 0.742 bits per heavy atom. The van der Waals surface area contributed by atoms with Gasteiger partial charge in [-0.3, -0.25) is 9.59 Å². The SMILES string of the molecule is C/C=C1\[C@H](O[C@H]2O[C@@H](CO)[C@H](O)[C@@H](O)[C@@H]2O)OC=C(C(=O)O)[C@H]1CC(=O)O[C@H]1C[C@@H]([C@H](C)CO)[C@H](COC(=O)C[C@@H]2C(C(=O)OC)=CO[C@@H](O[C@@H]3O[C@H](CO)[C@@H](O)[C@H](O)[C@H]3O)/C2=C/C)[C@H]1C. The van der Waals surface area contributed by atoms with Crippen molar-refractivity contribution in [1.29, 1.82) is 0 Å². The molecule has 0 unspecified atom stereocenters. The average molecular weight is 947 g/mol. The summed E-state index contributed by atoms with van der Waals surface area (Å²) in [4.78, 5) is 52.6. The number of aliphatic hydroxyl groups excluding tert-OH is 9. The molecule has 23 heteroatoms. The van der Waals surface area contributed by atoms with E-state index in [1.165, 1.54) is 19.1 Å². The molecule has 10 N–H and O–H groups in total. The zero-order valence-electron chi connectivity index (χ0n) is 37.0. The molecule has 0 aromatic heterocycles. The number of aliphatic hydroxyl groups is 9. The van der Waals surface area contributed by atoms with Gasteiger partial charge in [-0.05, 0) is 38.0 Å². The standard InChI is InChI=1S/C43H62O23/c1-6-19-22(25(38(55)56)15-60-40(19)65-42-36(53)34(51)32(49)28(12-45)63-42)10-31(48)62-27-8-21(17(3)11-44)24(18(27)4)14-59-30(47)9-23-20(7-2)41(61-16-26(23)39(57)58-5)66-43-37(54)35(52)33(50)29(13-46)64-43/h6-7,15-18,21-24,27-29,32-37,40-46,49-54H,8-14H2,1-5H3,(H,55,56)/b19-6-,20-7+/t17-,18-,21+,22+,23+,24-,27+,28+,29-,32+,33-,34-,35+,36+,37-,40+,41+,42-,43+/m1/s1. The number of methoxy groups -OCH3 is 1. The minimum absolute atomic E-state index is 0.0811. The zero-order chi connectivity index (χ0) is 48.7. The maximum absolute atomic E-state index is 13.7. The van der Waals surface area contributed by atoms with Crippen LogP contribution in [0.1, 0.15) is 47.0 Å². The number of carbonyl (C=O) groups excluding carboxylic acids is 3. The molecule has 5 aliphatic rings. The van der Waals surface area contributed by atoms with Crippen LogP contribution in [-0.2, 0) is 61.8 Å². The molecule has 0 radical (unpaired) electrons. The lowest BCUT2D eigenvalue weighted by atomic mass is 9.83. The molecule has 0 amide bonds. The number of rotatable bonds is 17. The van der Waals surface area contributed by atoms with Gasteiger partial charge in [-0.1, -0.05) is 26.0 Å². The molecular weight excluding hydrogens is 884 g/mol. The highest BCUT2D eigenvalue weighted by Crippen LogP contribution is 2.44. The van der Waals surface area contributed by atoms with Crippen LogP contribution in [0.15, 0.2) is 47.0 Å². The topological polar surface area (TPSA) is 354 Å². The van der Waals surface area contributed by atoms with E-state index in [9.17, 15) is 70.2 Å². The number of hydrogen-bond acceptors (Lipinski definition) is 22. The maximum Gasteiger partial charge on any atom is 0.337 e. The fraction of sp³-hybridized carbons (Fsp3) is 0.721. The molecule has 0 spiro atoms. The van der Waals surface area contributed by atoms with Gasteiger partial charge in [-0.2, -0.15) is 0 Å². The molecule has 66 heavy (non-hydrogen) atoms. The molecule has 19 atom stereocenters. The Kier molecular flexibility index (Phi) is 18.7. The van der Waals surface area contributed by atoms with E-state index in [1.807, 2.05) is 0 Å². The van der Waals surface area contributed by atoms with E-state index in [2.05, 4.69) is 0 Å². The number of carbonyl (C=O) groups is 4. The second-order valence-electron chi connectivity index (χ2n) is 16.9. The Morgan fingerprint density at radius 3 is 1.68 bits per heavy atom. The Hall–Kier alpha value is -4.08. The van der Waals surface area contributed by atoms with Gasteiger partial charge in [0.2, 0.25) is 12.6 Å². The number of esters is 3. The molecule has 5 rings (SSSR count). The summed E-state index contributed by atoms with van der Waals surface area (Å²) in [5, 5.41) is 101. The van der Waals surface area contributed by atoms with Gasteiger partial charge in [-0.15, -0.1) is 0 Å². The first-order valence-corrected chi connectivity index (χ1v) is 21.6. The third kappa shape index (κ3) is 11.4. The van der Waals surface area contributed by atoms with E-state index in [4.69, 9.17) is 42.6 Å². The predicted molar refractivity (Wildman–Crippen MR) is 217 cm³/mol. The Morgan fingerprint density at radius 2 is 1.23 bits per heavy atom. The molecule has 23 nitrogen and oxygen atoms in total. The van der Waals surface area contributed by atoms with Crippen LogP contribution in [0.2, 0.25) is 0 Å². The minimum atomic E-state index is -1.80. The van der Waals surface area contributed by atoms with Crippen molar-refractivity contribution in [1.82, 2.24) is 0 Å². The molecule has 4 aliphatic heterocycles. The number of allylic oxidation sites excluding steroid dienone is 2. The van der Waals surface area contributed by atoms with E-state index in [0.717, 1.165) is 19.6 Å². The summed E-state index contributed by atoms with van der Waals surface area (Å²) < 4.78 is 50.3. The lowest BCUT2D eigenvalue weighted by Crippen LogP contribution is -2.60. The average Bonchev–Trinajstić information content (AvgIpc) is 3.61. The van der Waals surface area contributed by atoms with Gasteiger partial charge < -0.3 is 93.7 Å². The monoisotopic (exact) mass is 946 g/mol. The largest absolute Gasteiger partial charge is 0.478 e. The maximum atomic E-state index is 13.7. The molecule has 1 aliphatic carbocycles. The Labute approximate surface area is 379 Å². The lowest BCUT2D eigenvalue weighted by Gasteiger charge is -2.41. The fourth-order valence-electron chi connectivity index (χ4n) is 9.08. The molecule has 0 aromatic carbocycles. The molecular formula is C43H62O23. The number of aliphatic carboxylic acids is 1. The lowest BCUT2D eigenvalue weighted by molar-refractivity contribution is -0.327. The summed E-state index contributed by atoms with van der Waals surface area (Å²) in [7, 11) is 1.13. The minimum Gasteiger partial charge on any atom is -0.478 e. The summed E-state index contributed by atoms with van der Waals surface area (Å²) in [6.45, 7) is 4.74. The number of ether oxygens (including phenoxy) is 9. The smallest absolute Gasteiger partial charge is 0.337 e. The second kappa shape index (κ2) is 23.3. The quantitative estimate of drug-likeness (QED) is 0.0413. The highest BCUT2D eigenvalue weighted by atomic mass is 16.8. The van der Waals surface area contributed by atoms with Crippen molar-refractivity contribution in [3.05, 3.63) is 47.0 Å². The molecule has 1 saturated carbocycles. The molecule has 0 bridgehead atoms. The van der Waals surface area contributed by atoms with Gasteiger partial charge in [0.15, 0.2) is 12.6 Å². The van der Waals surface area contributed by atoms with Gasteiger partial charge in [-0.25, -0.2) is 9.59 Å². The van der Waals surface area contributed by atoms with E-state index >= 15 is 0 Å². The fourth-order valence-corrected chi connectivity index (χ4v) is 9.08. The van der Waals surface area contributed by atoms with E-state index in [0.29, 0.717) is 0 Å². The molecule has 372 valence electrons. The van der Waals surface area contributed by atoms with Crippen LogP contribution in [0.4, 0.5) is 0 Å². The molecule has 4 heterocycles. The van der Waals surface area contributed by atoms with Crippen LogP contribution < -0.4 is 0 Å². The third-order valence-corrected chi connectivity index (χ3v) is 13.1. The normalized spacial score (nSPS) is 39.8. The first-order chi connectivity index (χ1) is 31.3. The highest BCUT2D eigenvalue weighted by Gasteiger charge is 2.50. The van der Waals surface area contributed by atoms with Crippen molar-refractivity contribution < 1.29 is 113 Å². The van der Waals surface area contributed by atoms with Crippen LogP contribution in [0.3, 0.4) is 0 Å². The molecule has 3 fully saturated rings. The number of hydrogen-bond donors (Lipinski definition) is 10. The van der Waals surface area contributed by atoms with Gasteiger partial charge >= 0.3 is 23.9 Å². The van der Waals surface area contributed by atoms with Gasteiger partial charge in [0.1, 0.15) is 54.9 Å². The van der Waals surface area contributed by atoms with Crippen LogP contribution in [0, 0.1) is 35.5 Å². The van der Waals surface area contributed by atoms with Crippen molar-refractivity contribution in [2.45, 2.75) is 127 Å². The predicted octanol–water partition coefficient (Wildman–Crippen LogP) is -2.38. The first-order valence-electron chi connectivity index (χ1n) is 21.6. The van der Waals surface area contributed by atoms with Gasteiger partial charge in [0.05, 0.1) is 63.4 Å². The van der Waals surface area contributed by atoms with Crippen molar-refractivity contribution >= 4 is 23.9 Å². The summed E-state index contributed by atoms with van der Waals surface area (Å²) in [5.41, 5.74) is -0.0738. The molecule has 0 aromatic rings. The van der Waals surface area contributed by atoms with Crippen LogP contribution in [-0.4, -0.2) is 189 Å². The van der Waals surface area contributed by atoms with Crippen molar-refractivity contribution in [3.63, 3.8) is 0 Å². The first kappa shape index (κ1) is 52.9. The number of carboxylic acid groups (broad SMARTS) is 1. The van der Waals surface area contributed by atoms with Crippen molar-refractivity contribution in [3.8, 4) is 0 Å². The van der Waals surface area contributed by atoms with Crippen molar-refractivity contribution in [2.75, 3.05) is 33.5 Å². The van der Waals surface area contributed by atoms with Gasteiger partial charge in [0, 0.05) is 35.5 Å². The van der Waals surface area contributed by atoms with Gasteiger partial charge in [0.25, 0.3) is 0 Å². The summed E-state index contributed by atoms with van der Waals surface area (Å²) in [6, 6.07) is 0. The van der Waals surface area contributed by atoms with E-state index in [-0.39, 0.29) is 53.8 Å². The molecule has 2 saturated heterocycles. The van der Waals surface area contributed by atoms with Crippen LogP contribution >= 0.6 is 0 Å². The van der Waals surface area contributed by atoms with Crippen molar-refractivity contribution in [2.24, 2.45) is 35.5 Å². The Bertz CT molecular complexity index is 1830. The Balaban J connectivity index is 1.26. The number of carboxylic acids is 1. The summed E-state index contributed by atoms with van der Waals surface area (Å²) >= 11 is 0. The van der Waals surface area contributed by atoms with E-state index in [1.54, 1.807) is 20.8 Å². The third-order valence-electron chi connectivity index (χ3n) is 13.1. The highest BCUT2D eigenvalue weighted by molar-refractivity contribution is 5.91. The zero-order valence-corrected chi connectivity index (χ0v) is 37.0.